The zero-order valence-electron chi connectivity index (χ0n) is 17.5. The molecule has 1 fully saturated rings. The van der Waals surface area contributed by atoms with Gasteiger partial charge in [0.25, 0.3) is 0 Å². The Labute approximate surface area is 168 Å². The smallest absolute Gasteiger partial charge is 0.194 e. The number of piperazine rings is 1. The summed E-state index contributed by atoms with van der Waals surface area (Å²) < 4.78 is 19.3. The lowest BCUT2D eigenvalue weighted by Gasteiger charge is -2.11. The molecule has 162 valence electrons. The van der Waals surface area contributed by atoms with Crippen LogP contribution >= 0.6 is 0 Å². The summed E-state index contributed by atoms with van der Waals surface area (Å²) in [5.74, 6) is 0. The Morgan fingerprint density at radius 3 is 1.36 bits per heavy atom. The van der Waals surface area contributed by atoms with Crippen LogP contribution in [-0.2, 0) is 9.84 Å². The third kappa shape index (κ3) is 108. The Bertz CT molecular complexity index is 533. The van der Waals surface area contributed by atoms with Gasteiger partial charge < -0.3 is 15.6 Å². The molecule has 2 rings (SSSR count). The van der Waals surface area contributed by atoms with Crippen molar-refractivity contribution in [3.8, 4) is 6.07 Å². The second kappa shape index (κ2) is 29.3. The molecular weight excluding hydrogens is 386 g/mol. The van der Waals surface area contributed by atoms with Crippen molar-refractivity contribution < 1.29 is 13.3 Å². The van der Waals surface area contributed by atoms with E-state index in [2.05, 4.69) is 25.6 Å². The first-order valence-electron chi connectivity index (χ1n) is 8.08. The first-order chi connectivity index (χ1) is 13.1. The normalized spacial score (nSPS) is 11.5. The highest BCUT2D eigenvalue weighted by Crippen LogP contribution is 1.66. The molecule has 0 saturated carbocycles. The molecule has 1 aliphatic heterocycles. The SMILES string of the molecule is C1CNCCN1.CC#N.CC=NC.CS(C)(=O)=O.C[N+](=O)[O-].c1cnccn1. The number of nitrogens with one attached hydrogen (secondary N) is 2. The van der Waals surface area contributed by atoms with Crippen LogP contribution in [0.5, 0.6) is 0 Å². The number of aromatic nitrogens is 2. The summed E-state index contributed by atoms with van der Waals surface area (Å²) in [4.78, 5) is 19.4. The van der Waals surface area contributed by atoms with Crippen LogP contribution in [0.1, 0.15) is 13.8 Å². The lowest BCUT2D eigenvalue weighted by Crippen LogP contribution is -2.39. The Balaban J connectivity index is -0.000000126. The summed E-state index contributed by atoms with van der Waals surface area (Å²) in [6.07, 6.45) is 10.6. The van der Waals surface area contributed by atoms with Crippen molar-refractivity contribution in [3.63, 3.8) is 0 Å². The molecule has 0 amide bonds. The number of hydrogen-bond acceptors (Lipinski definition) is 10. The average Bonchev–Trinajstić information content (AvgIpc) is 2.64. The number of nitro groups is 1. The Kier molecular flexibility index (Phi) is 34.6. The molecule has 0 atom stereocenters. The van der Waals surface area contributed by atoms with E-state index in [1.54, 1.807) is 44.1 Å². The maximum absolute atomic E-state index is 9.63. The molecule has 1 aromatic heterocycles. The van der Waals surface area contributed by atoms with Gasteiger partial charge in [-0.25, -0.2) is 8.42 Å². The van der Waals surface area contributed by atoms with Crippen molar-refractivity contribution in [3.05, 3.63) is 34.9 Å². The maximum Gasteiger partial charge on any atom is 0.194 e. The lowest BCUT2D eigenvalue weighted by molar-refractivity contribution is -0.445. The van der Waals surface area contributed by atoms with Gasteiger partial charge in [-0.15, -0.1) is 0 Å². The summed E-state index contributed by atoms with van der Waals surface area (Å²) in [5.41, 5.74) is 0. The number of nitriles is 1. The summed E-state index contributed by atoms with van der Waals surface area (Å²) >= 11 is 0. The van der Waals surface area contributed by atoms with Crippen LogP contribution in [0.3, 0.4) is 0 Å². The average molecular weight is 420 g/mol. The van der Waals surface area contributed by atoms with Crippen LogP contribution in [0.15, 0.2) is 29.8 Å². The predicted molar refractivity (Wildman–Crippen MR) is 113 cm³/mol. The highest BCUT2D eigenvalue weighted by molar-refractivity contribution is 7.89. The van der Waals surface area contributed by atoms with Gasteiger partial charge in [-0.2, -0.15) is 5.26 Å². The van der Waals surface area contributed by atoms with Gasteiger partial charge >= 0.3 is 0 Å². The fourth-order valence-corrected chi connectivity index (χ4v) is 0.857. The van der Waals surface area contributed by atoms with Crippen LogP contribution in [0.2, 0.25) is 0 Å². The highest BCUT2D eigenvalue weighted by atomic mass is 32.2. The third-order valence-electron chi connectivity index (χ3n) is 1.69. The molecule has 0 unspecified atom stereocenters. The largest absolute Gasteiger partial charge is 0.314 e. The maximum atomic E-state index is 9.63. The molecule has 1 aliphatic rings. The van der Waals surface area contributed by atoms with Crippen LogP contribution in [0, 0.1) is 21.4 Å². The molecule has 0 aromatic carbocycles. The molecule has 2 N–H and O–H groups in total. The molecule has 1 aromatic rings. The van der Waals surface area contributed by atoms with Crippen molar-refractivity contribution in [2.75, 3.05) is 52.8 Å². The van der Waals surface area contributed by atoms with Gasteiger partial charge in [0.15, 0.2) is 7.05 Å². The minimum atomic E-state index is -2.67. The van der Waals surface area contributed by atoms with E-state index in [-0.39, 0.29) is 0 Å². The Hall–Kier alpha value is -2.49. The summed E-state index contributed by atoms with van der Waals surface area (Å²) in [5, 5.41) is 22.6. The third-order valence-corrected chi connectivity index (χ3v) is 1.69. The molecular formula is C16H33N7O4S. The van der Waals surface area contributed by atoms with Crippen LogP contribution in [-0.4, -0.2) is 82.3 Å². The fourth-order valence-electron chi connectivity index (χ4n) is 0.857. The van der Waals surface area contributed by atoms with Crippen molar-refractivity contribution in [2.24, 2.45) is 4.99 Å². The second-order valence-electron chi connectivity index (χ2n) is 4.72. The zero-order chi connectivity index (χ0) is 22.7. The summed E-state index contributed by atoms with van der Waals surface area (Å²) in [7, 11) is -0.0278. The van der Waals surface area contributed by atoms with E-state index in [1.807, 2.05) is 6.92 Å². The quantitative estimate of drug-likeness (QED) is 0.345. The van der Waals surface area contributed by atoms with Gasteiger partial charge in [0.05, 0.1) is 6.07 Å². The predicted octanol–water partition coefficient (Wildman–Crippen LogP) is 0.446. The number of rotatable bonds is 0. The number of aliphatic imine (C=N–C) groups is 1. The summed E-state index contributed by atoms with van der Waals surface area (Å²) in [6.45, 7) is 7.88. The van der Waals surface area contributed by atoms with Gasteiger partial charge in [0, 0.05) is 82.4 Å². The van der Waals surface area contributed by atoms with Crippen LogP contribution < -0.4 is 10.6 Å². The minimum Gasteiger partial charge on any atom is -0.314 e. The minimum absolute atomic E-state index is 0.500. The van der Waals surface area contributed by atoms with Crippen LogP contribution in [0.4, 0.5) is 0 Å². The van der Waals surface area contributed by atoms with Gasteiger partial charge in [0.2, 0.25) is 0 Å². The molecule has 2 heterocycles. The van der Waals surface area contributed by atoms with E-state index < -0.39 is 14.8 Å². The van der Waals surface area contributed by atoms with E-state index in [0.717, 1.165) is 45.7 Å². The Morgan fingerprint density at radius 2 is 1.29 bits per heavy atom. The molecule has 12 heteroatoms. The van der Waals surface area contributed by atoms with Gasteiger partial charge in [-0.3, -0.25) is 20.1 Å². The molecule has 1 saturated heterocycles. The Morgan fingerprint density at radius 1 is 1.11 bits per heavy atom. The number of sulfone groups is 1. The topological polar surface area (TPSA) is 163 Å². The van der Waals surface area contributed by atoms with E-state index in [9.17, 15) is 8.42 Å². The fraction of sp³-hybridized carbons (Fsp3) is 0.625. The molecule has 0 bridgehead atoms. The van der Waals surface area contributed by atoms with E-state index in [4.69, 9.17) is 15.4 Å². The standard InChI is InChI=1S/C4H10N2.C4H4N2.C3H7N.C2H3N.C2H6O2S.CH3NO2/c2*1-2-6-4-3-5-1;1-3-4-2;1-2-3;1-5(2,3)4;1-2(3)4/h5-6H,1-4H2;1-4H;3H,1-2H3;1H3;1-2H3;1H3. The first kappa shape index (κ1) is 33.1. The van der Waals surface area contributed by atoms with Gasteiger partial charge in [0.1, 0.15) is 9.84 Å². The van der Waals surface area contributed by atoms with Gasteiger partial charge in [-0.05, 0) is 13.1 Å². The molecule has 28 heavy (non-hydrogen) atoms. The van der Waals surface area contributed by atoms with Crippen molar-refractivity contribution >= 4 is 16.1 Å². The van der Waals surface area contributed by atoms with Crippen molar-refractivity contribution in [1.29, 1.82) is 5.26 Å². The monoisotopic (exact) mass is 419 g/mol. The number of nitrogens with zero attached hydrogens (tertiary/aromatic N) is 5. The first-order valence-corrected chi connectivity index (χ1v) is 10.4. The van der Waals surface area contributed by atoms with Crippen molar-refractivity contribution in [2.45, 2.75) is 13.8 Å². The highest BCUT2D eigenvalue weighted by Gasteiger charge is 1.91. The summed E-state index contributed by atoms with van der Waals surface area (Å²) in [6, 6.07) is 1.75. The molecule has 0 radical (unpaired) electrons. The molecule has 11 nitrogen and oxygen atoms in total. The van der Waals surface area contributed by atoms with E-state index >= 15 is 0 Å². The molecule has 0 spiro atoms. The zero-order valence-corrected chi connectivity index (χ0v) is 18.3. The second-order valence-corrected chi connectivity index (χ2v) is 7.00. The van der Waals surface area contributed by atoms with Gasteiger partial charge in [-0.1, -0.05) is 0 Å². The van der Waals surface area contributed by atoms with Crippen molar-refractivity contribution in [1.82, 2.24) is 20.6 Å². The van der Waals surface area contributed by atoms with E-state index in [1.165, 1.54) is 6.92 Å². The van der Waals surface area contributed by atoms with Crippen LogP contribution in [0.25, 0.3) is 0 Å². The molecule has 0 aliphatic carbocycles. The lowest BCUT2D eigenvalue weighted by atomic mass is 10.4. The number of hydrogen-bond donors (Lipinski definition) is 2. The van der Waals surface area contributed by atoms with E-state index in [0.29, 0.717) is 0 Å².